The van der Waals surface area contributed by atoms with Crippen molar-refractivity contribution in [3.63, 3.8) is 0 Å². The molecule has 0 spiro atoms. The number of furan rings is 1. The summed E-state index contributed by atoms with van der Waals surface area (Å²) in [6.07, 6.45) is 3.01. The number of hydrogen-bond donors (Lipinski definition) is 3. The van der Waals surface area contributed by atoms with Crippen LogP contribution in [-0.4, -0.2) is 72.0 Å². The van der Waals surface area contributed by atoms with E-state index in [0.717, 1.165) is 28.2 Å². The molecule has 4 aliphatic rings. The molecule has 0 saturated heterocycles. The van der Waals surface area contributed by atoms with Gasteiger partial charge in [0.05, 0.1) is 23.3 Å². The lowest BCUT2D eigenvalue weighted by atomic mass is 9.45. The van der Waals surface area contributed by atoms with E-state index in [1.54, 1.807) is 30.2 Å². The first-order valence-corrected chi connectivity index (χ1v) is 16.8. The van der Waals surface area contributed by atoms with Gasteiger partial charge in [-0.3, -0.25) is 9.59 Å². The van der Waals surface area contributed by atoms with Gasteiger partial charge >= 0.3 is 0 Å². The van der Waals surface area contributed by atoms with Gasteiger partial charge in [0.2, 0.25) is 5.91 Å². The molecule has 3 saturated carbocycles. The molecule has 3 aromatic rings. The third-order valence-corrected chi connectivity index (χ3v) is 11.2. The smallest absolute Gasteiger partial charge is 0.289 e. The van der Waals surface area contributed by atoms with Crippen LogP contribution < -0.4 is 14.8 Å². The van der Waals surface area contributed by atoms with Gasteiger partial charge in [0.25, 0.3) is 5.91 Å². The van der Waals surface area contributed by atoms with Crippen molar-refractivity contribution >= 4 is 45.4 Å². The van der Waals surface area contributed by atoms with Gasteiger partial charge in [-0.2, -0.15) is 0 Å². The van der Waals surface area contributed by atoms with E-state index in [2.05, 4.69) is 41.8 Å². The molecule has 1 heterocycles. The van der Waals surface area contributed by atoms with E-state index < -0.39 is 18.2 Å². The van der Waals surface area contributed by atoms with Crippen molar-refractivity contribution in [2.45, 2.75) is 57.8 Å². The average Bonchev–Trinajstić information content (AvgIpc) is 3.49. The van der Waals surface area contributed by atoms with Crippen LogP contribution in [0.1, 0.15) is 50.1 Å². The standard InChI is InChI=1S/C35H41IN2O7/c1-35(2)23-12-11-21(24(35)18-23)19-38(34(42)30-16-20-7-6-10-28(43-3)32(20)45-30)26-15-22(33(41)37-13-14-39)17-29(31(26)40)44-27-9-5-4-8-25(27)36/h4-10,16-17,21,23-24,26,29,31,39-40H,11-15,18-19H2,1-3H3,(H,37,41)/t21-,23-,24-,26+,29-,31-/m0/s1. The first-order valence-electron chi connectivity index (χ1n) is 15.7. The summed E-state index contributed by atoms with van der Waals surface area (Å²) >= 11 is 2.17. The minimum Gasteiger partial charge on any atom is -0.493 e. The maximum atomic E-state index is 14.6. The van der Waals surface area contributed by atoms with Gasteiger partial charge in [-0.15, -0.1) is 0 Å². The molecular weight excluding hydrogens is 687 g/mol. The van der Waals surface area contributed by atoms with Crippen LogP contribution in [0.2, 0.25) is 0 Å². The second-order valence-electron chi connectivity index (χ2n) is 13.1. The van der Waals surface area contributed by atoms with E-state index in [0.29, 0.717) is 41.0 Å². The lowest BCUT2D eigenvalue weighted by Crippen LogP contribution is -2.59. The molecule has 4 aliphatic carbocycles. The Hall–Kier alpha value is -3.09. The Morgan fingerprint density at radius 2 is 1.91 bits per heavy atom. The molecule has 0 unspecified atom stereocenters. The summed E-state index contributed by atoms with van der Waals surface area (Å²) in [5, 5.41) is 24.8. The number of hydrogen-bond acceptors (Lipinski definition) is 7. The number of nitrogens with zero attached hydrogens (tertiary/aromatic N) is 1. The Bertz CT molecular complexity index is 1600. The number of para-hydroxylation sites is 2. The molecule has 240 valence electrons. The van der Waals surface area contributed by atoms with Crippen molar-refractivity contribution in [3.05, 3.63) is 69.5 Å². The number of halogens is 1. The molecule has 2 aromatic carbocycles. The average molecular weight is 729 g/mol. The number of aliphatic hydroxyl groups excluding tert-OH is 2. The monoisotopic (exact) mass is 728 g/mol. The molecule has 2 amide bonds. The predicted molar refractivity (Wildman–Crippen MR) is 178 cm³/mol. The van der Waals surface area contributed by atoms with Crippen LogP contribution in [0, 0.1) is 26.7 Å². The predicted octanol–water partition coefficient (Wildman–Crippen LogP) is 5.18. The first kappa shape index (κ1) is 31.9. The van der Waals surface area contributed by atoms with Crippen LogP contribution in [0.3, 0.4) is 0 Å². The molecule has 10 heteroatoms. The number of amides is 2. The third kappa shape index (κ3) is 6.08. The molecular formula is C35H41IN2O7. The van der Waals surface area contributed by atoms with Gasteiger partial charge in [0.1, 0.15) is 18.0 Å². The molecule has 7 rings (SSSR count). The van der Waals surface area contributed by atoms with E-state index >= 15 is 0 Å². The SMILES string of the molecule is COc1cccc2cc(C(=O)N(C[C@@H]3CC[C@H]4C[C@@H]3C4(C)C)[C@@H]3CC(C(=O)NCCO)=C[C@H](Oc4ccccc4I)[C@H]3O)oc12. The summed E-state index contributed by atoms with van der Waals surface area (Å²) in [4.78, 5) is 29.6. The van der Waals surface area contributed by atoms with E-state index in [-0.39, 0.29) is 48.5 Å². The first-order chi connectivity index (χ1) is 21.6. The number of methoxy groups -OCH3 is 1. The zero-order chi connectivity index (χ0) is 31.9. The number of nitrogens with one attached hydrogen (secondary N) is 1. The van der Waals surface area contributed by atoms with Crippen LogP contribution in [0.15, 0.2) is 64.6 Å². The zero-order valence-corrected chi connectivity index (χ0v) is 28.0. The Kier molecular flexibility index (Phi) is 9.18. The molecule has 2 bridgehead atoms. The van der Waals surface area contributed by atoms with Crippen molar-refractivity contribution < 1.29 is 33.7 Å². The van der Waals surface area contributed by atoms with Crippen molar-refractivity contribution in [1.82, 2.24) is 10.2 Å². The molecule has 0 radical (unpaired) electrons. The third-order valence-electron chi connectivity index (χ3n) is 10.3. The number of carbonyl (C=O) groups excluding carboxylic acids is 2. The highest BCUT2D eigenvalue weighted by Gasteiger charge is 2.55. The molecule has 3 fully saturated rings. The summed E-state index contributed by atoms with van der Waals surface area (Å²) in [6, 6.07) is 13.9. The Balaban J connectivity index is 1.38. The summed E-state index contributed by atoms with van der Waals surface area (Å²) in [6.45, 7) is 4.96. The van der Waals surface area contributed by atoms with Gasteiger partial charge in [-0.05, 0) is 95.4 Å². The number of ether oxygens (including phenoxy) is 2. The maximum Gasteiger partial charge on any atom is 0.289 e. The van der Waals surface area contributed by atoms with Crippen LogP contribution in [0.25, 0.3) is 11.0 Å². The fourth-order valence-corrected chi connectivity index (χ4v) is 8.23. The molecule has 45 heavy (non-hydrogen) atoms. The fourth-order valence-electron chi connectivity index (χ4n) is 7.71. The normalized spacial score (nSPS) is 26.8. The summed E-state index contributed by atoms with van der Waals surface area (Å²) in [5.41, 5.74) is 1.07. The lowest BCUT2D eigenvalue weighted by molar-refractivity contribution is -0.120. The highest BCUT2D eigenvalue weighted by Crippen LogP contribution is 2.61. The number of rotatable bonds is 10. The number of carbonyl (C=O) groups is 2. The molecule has 6 atom stereocenters. The van der Waals surface area contributed by atoms with Gasteiger partial charge in [0.15, 0.2) is 17.1 Å². The topological polar surface area (TPSA) is 121 Å². The molecule has 0 aliphatic heterocycles. The summed E-state index contributed by atoms with van der Waals surface area (Å²) in [5.74, 6) is 1.95. The van der Waals surface area contributed by atoms with Crippen LogP contribution in [0.5, 0.6) is 11.5 Å². The van der Waals surface area contributed by atoms with Gasteiger partial charge in [-0.25, -0.2) is 0 Å². The largest absolute Gasteiger partial charge is 0.493 e. The van der Waals surface area contributed by atoms with E-state index in [9.17, 15) is 19.8 Å². The fraction of sp³-hybridized carbons (Fsp3) is 0.486. The zero-order valence-electron chi connectivity index (χ0n) is 25.9. The Labute approximate surface area is 277 Å². The second-order valence-corrected chi connectivity index (χ2v) is 14.3. The minimum absolute atomic E-state index is 0.0922. The number of aliphatic hydroxyl groups is 2. The van der Waals surface area contributed by atoms with E-state index in [1.165, 1.54) is 0 Å². The van der Waals surface area contributed by atoms with Crippen molar-refractivity contribution in [1.29, 1.82) is 0 Å². The van der Waals surface area contributed by atoms with E-state index in [4.69, 9.17) is 13.9 Å². The van der Waals surface area contributed by atoms with Crippen molar-refractivity contribution in [2.75, 3.05) is 26.8 Å². The highest BCUT2D eigenvalue weighted by molar-refractivity contribution is 14.1. The van der Waals surface area contributed by atoms with Crippen LogP contribution in [-0.2, 0) is 4.79 Å². The number of benzene rings is 2. The highest BCUT2D eigenvalue weighted by atomic mass is 127. The summed E-state index contributed by atoms with van der Waals surface area (Å²) in [7, 11) is 1.56. The second kappa shape index (κ2) is 13.0. The van der Waals surface area contributed by atoms with Gasteiger partial charge in [-0.1, -0.05) is 38.1 Å². The summed E-state index contributed by atoms with van der Waals surface area (Å²) < 4.78 is 18.8. The maximum absolute atomic E-state index is 14.6. The minimum atomic E-state index is -1.12. The number of fused-ring (bicyclic) bond motifs is 3. The Morgan fingerprint density at radius 3 is 2.62 bits per heavy atom. The lowest BCUT2D eigenvalue weighted by Gasteiger charge is -2.61. The van der Waals surface area contributed by atoms with Crippen molar-refractivity contribution in [2.24, 2.45) is 23.2 Å². The quantitative estimate of drug-likeness (QED) is 0.246. The van der Waals surface area contributed by atoms with Gasteiger partial charge < -0.3 is 34.3 Å². The Morgan fingerprint density at radius 1 is 1.13 bits per heavy atom. The molecule has 1 aromatic heterocycles. The van der Waals surface area contributed by atoms with E-state index in [1.807, 2.05) is 36.4 Å². The van der Waals surface area contributed by atoms with Gasteiger partial charge in [0, 0.05) is 30.5 Å². The van der Waals surface area contributed by atoms with Crippen molar-refractivity contribution in [3.8, 4) is 11.5 Å². The van der Waals surface area contributed by atoms with Crippen LogP contribution in [0.4, 0.5) is 0 Å². The molecule has 9 nitrogen and oxygen atoms in total. The van der Waals surface area contributed by atoms with Crippen LogP contribution >= 0.6 is 22.6 Å². The molecule has 3 N–H and O–H groups in total.